The Hall–Kier alpha value is -3.28. The van der Waals surface area contributed by atoms with Crippen molar-refractivity contribution in [2.45, 2.75) is 51.1 Å². The van der Waals surface area contributed by atoms with Gasteiger partial charge < -0.3 is 10.8 Å². The summed E-state index contributed by atoms with van der Waals surface area (Å²) >= 11 is 0. The predicted molar refractivity (Wildman–Crippen MR) is 145 cm³/mol. The maximum atomic E-state index is 12.4. The number of carboxylic acid groups (broad SMARTS) is 1. The molecule has 0 unspecified atom stereocenters. The Morgan fingerprint density at radius 3 is 1.64 bits per heavy atom. The second-order valence-corrected chi connectivity index (χ2v) is 9.75. The number of carbonyl (C=O) groups excluding carboxylic acids is 1. The molecule has 4 N–H and O–H groups in total. The summed E-state index contributed by atoms with van der Waals surface area (Å²) in [6.45, 7) is 4.44. The highest BCUT2D eigenvalue weighted by atomic mass is 16.4. The summed E-state index contributed by atoms with van der Waals surface area (Å²) in [5, 5.41) is 13.5. The molecule has 0 amide bonds. The number of hydrogen-bond acceptors (Lipinski definition) is 4. The molecule has 0 aliphatic heterocycles. The lowest BCUT2D eigenvalue weighted by Gasteiger charge is -2.37. The molecule has 5 nitrogen and oxygen atoms in total. The van der Waals surface area contributed by atoms with Crippen LogP contribution in [0.1, 0.15) is 56.2 Å². The number of nitrogens with one attached hydrogen (secondary N) is 1. The molecule has 3 aromatic rings. The first-order valence-electron chi connectivity index (χ1n) is 12.8. The SMILES string of the molecule is CC(C)[C@H](N)C(=O)C[C@@H](CCCCNC(c1ccccc1)(c1ccccc1)c1ccccc1)C(=O)O. The molecular weight excluding hydrogens is 448 g/mol. The zero-order chi connectivity index (χ0) is 26.0. The summed E-state index contributed by atoms with van der Waals surface area (Å²) < 4.78 is 0. The van der Waals surface area contributed by atoms with Crippen molar-refractivity contribution < 1.29 is 14.7 Å². The number of nitrogens with two attached hydrogens (primary N) is 1. The van der Waals surface area contributed by atoms with Gasteiger partial charge in [-0.2, -0.15) is 0 Å². The van der Waals surface area contributed by atoms with Crippen LogP contribution in [-0.2, 0) is 15.1 Å². The Bertz CT molecular complexity index is 988. The van der Waals surface area contributed by atoms with Crippen LogP contribution >= 0.6 is 0 Å². The highest BCUT2D eigenvalue weighted by Gasteiger charge is 2.35. The van der Waals surface area contributed by atoms with Crippen molar-refractivity contribution in [3.8, 4) is 0 Å². The van der Waals surface area contributed by atoms with Crippen molar-refractivity contribution in [3.05, 3.63) is 108 Å². The molecule has 2 atom stereocenters. The molecule has 3 aromatic carbocycles. The van der Waals surface area contributed by atoms with Crippen molar-refractivity contribution in [3.63, 3.8) is 0 Å². The maximum Gasteiger partial charge on any atom is 0.306 e. The molecule has 36 heavy (non-hydrogen) atoms. The van der Waals surface area contributed by atoms with Gasteiger partial charge in [0.15, 0.2) is 5.78 Å². The topological polar surface area (TPSA) is 92.4 Å². The van der Waals surface area contributed by atoms with Crippen molar-refractivity contribution in [1.29, 1.82) is 0 Å². The van der Waals surface area contributed by atoms with Crippen LogP contribution in [0.25, 0.3) is 0 Å². The van der Waals surface area contributed by atoms with Gasteiger partial charge in [-0.1, -0.05) is 111 Å². The lowest BCUT2D eigenvalue weighted by atomic mass is 9.77. The Labute approximate surface area is 214 Å². The van der Waals surface area contributed by atoms with Crippen molar-refractivity contribution in [2.24, 2.45) is 17.6 Å². The highest BCUT2D eigenvalue weighted by Crippen LogP contribution is 2.36. The number of hydrogen-bond donors (Lipinski definition) is 3. The van der Waals surface area contributed by atoms with E-state index in [9.17, 15) is 14.7 Å². The van der Waals surface area contributed by atoms with E-state index in [-0.39, 0.29) is 18.1 Å². The third-order valence-electron chi connectivity index (χ3n) is 6.88. The number of carboxylic acids is 1. The summed E-state index contributed by atoms with van der Waals surface area (Å²) in [5.41, 5.74) is 8.81. The number of ketones is 1. The van der Waals surface area contributed by atoms with E-state index < -0.39 is 23.5 Å². The van der Waals surface area contributed by atoms with Gasteiger partial charge in [0.25, 0.3) is 0 Å². The zero-order valence-electron chi connectivity index (χ0n) is 21.3. The number of Topliss-reactive ketones (excluding diaryl/α,β-unsaturated/α-hetero) is 1. The number of unbranched alkanes of at least 4 members (excludes halogenated alkanes) is 1. The fourth-order valence-electron chi connectivity index (χ4n) is 4.73. The monoisotopic (exact) mass is 486 g/mol. The first-order valence-corrected chi connectivity index (χ1v) is 12.8. The molecule has 0 saturated carbocycles. The molecule has 0 heterocycles. The van der Waals surface area contributed by atoms with Crippen LogP contribution in [-0.4, -0.2) is 29.4 Å². The smallest absolute Gasteiger partial charge is 0.306 e. The minimum absolute atomic E-state index is 0.00164. The van der Waals surface area contributed by atoms with Crippen molar-refractivity contribution >= 4 is 11.8 Å². The van der Waals surface area contributed by atoms with Gasteiger partial charge in [0.05, 0.1) is 17.5 Å². The van der Waals surface area contributed by atoms with E-state index in [4.69, 9.17) is 5.73 Å². The first kappa shape index (κ1) is 27.3. The molecule has 0 fully saturated rings. The molecule has 0 aliphatic rings. The van der Waals surface area contributed by atoms with E-state index in [1.165, 1.54) is 0 Å². The number of aliphatic carboxylic acids is 1. The van der Waals surface area contributed by atoms with Crippen LogP contribution in [0.4, 0.5) is 0 Å². The van der Waals surface area contributed by atoms with Gasteiger partial charge in [-0.3, -0.25) is 14.9 Å². The molecule has 0 saturated heterocycles. The second-order valence-electron chi connectivity index (χ2n) is 9.75. The maximum absolute atomic E-state index is 12.4. The largest absolute Gasteiger partial charge is 0.481 e. The normalized spacial score (nSPS) is 13.3. The van der Waals surface area contributed by atoms with Gasteiger partial charge in [0.2, 0.25) is 0 Å². The lowest BCUT2D eigenvalue weighted by Crippen LogP contribution is -2.45. The molecular formula is C31H38N2O3. The Morgan fingerprint density at radius 1 is 0.806 bits per heavy atom. The average Bonchev–Trinajstić information content (AvgIpc) is 2.91. The minimum atomic E-state index is -0.931. The van der Waals surface area contributed by atoms with Gasteiger partial charge in [-0.25, -0.2) is 0 Å². The lowest BCUT2D eigenvalue weighted by molar-refractivity contribution is -0.144. The van der Waals surface area contributed by atoms with E-state index >= 15 is 0 Å². The van der Waals surface area contributed by atoms with Crippen LogP contribution in [0.5, 0.6) is 0 Å². The zero-order valence-corrected chi connectivity index (χ0v) is 21.3. The number of carbonyl (C=O) groups is 2. The molecule has 0 aromatic heterocycles. The molecule has 0 radical (unpaired) electrons. The minimum Gasteiger partial charge on any atom is -0.481 e. The van der Waals surface area contributed by atoms with E-state index in [0.717, 1.165) is 23.1 Å². The molecule has 190 valence electrons. The van der Waals surface area contributed by atoms with Crippen molar-refractivity contribution in [2.75, 3.05) is 6.54 Å². The Kier molecular flexibility index (Phi) is 9.97. The standard InChI is InChI=1S/C31H38N2O3/c1-23(2)29(32)28(34)22-24(30(35)36)14-12-13-21-33-31(25-15-6-3-7-16-25,26-17-8-4-9-18-26)27-19-10-5-11-20-27/h3-11,15-20,23-24,29,33H,12-14,21-22,32H2,1-2H3,(H,35,36)/t24-,29+/m1/s1. The van der Waals surface area contributed by atoms with Crippen LogP contribution in [0.15, 0.2) is 91.0 Å². The van der Waals surface area contributed by atoms with E-state index in [2.05, 4.69) is 41.7 Å². The average molecular weight is 487 g/mol. The fourth-order valence-corrected chi connectivity index (χ4v) is 4.73. The third-order valence-corrected chi connectivity index (χ3v) is 6.88. The van der Waals surface area contributed by atoms with Crippen LogP contribution in [0.3, 0.4) is 0 Å². The summed E-state index contributed by atoms with van der Waals surface area (Å²) in [5.74, 6) is -1.81. The van der Waals surface area contributed by atoms with Gasteiger partial charge >= 0.3 is 5.97 Å². The molecule has 3 rings (SSSR count). The molecule has 0 spiro atoms. The molecule has 0 bridgehead atoms. The third kappa shape index (κ3) is 6.68. The Morgan fingerprint density at radius 2 is 1.25 bits per heavy atom. The van der Waals surface area contributed by atoms with Gasteiger partial charge in [0.1, 0.15) is 0 Å². The quantitative estimate of drug-likeness (QED) is 0.210. The van der Waals surface area contributed by atoms with E-state index in [1.807, 2.05) is 68.4 Å². The fraction of sp³-hybridized carbons (Fsp3) is 0.355. The van der Waals surface area contributed by atoms with E-state index in [0.29, 0.717) is 19.4 Å². The second kappa shape index (κ2) is 13.1. The number of benzene rings is 3. The van der Waals surface area contributed by atoms with Crippen LogP contribution in [0, 0.1) is 11.8 Å². The Balaban J connectivity index is 1.76. The van der Waals surface area contributed by atoms with E-state index in [1.54, 1.807) is 0 Å². The molecule has 0 aliphatic carbocycles. The molecule has 5 heteroatoms. The van der Waals surface area contributed by atoms with Crippen LogP contribution < -0.4 is 11.1 Å². The van der Waals surface area contributed by atoms with Gasteiger partial charge in [0, 0.05) is 6.42 Å². The summed E-state index contributed by atoms with van der Waals surface area (Å²) in [7, 11) is 0. The summed E-state index contributed by atoms with van der Waals surface area (Å²) in [4.78, 5) is 24.2. The first-order chi connectivity index (χ1) is 17.4. The van der Waals surface area contributed by atoms with Gasteiger partial charge in [-0.15, -0.1) is 0 Å². The highest BCUT2D eigenvalue weighted by molar-refractivity contribution is 5.87. The summed E-state index contributed by atoms with van der Waals surface area (Å²) in [6.07, 6.45) is 1.91. The summed E-state index contributed by atoms with van der Waals surface area (Å²) in [6, 6.07) is 30.5. The van der Waals surface area contributed by atoms with Gasteiger partial charge in [-0.05, 0) is 42.0 Å². The van der Waals surface area contributed by atoms with Crippen molar-refractivity contribution in [1.82, 2.24) is 5.32 Å². The predicted octanol–water partition coefficient (Wildman–Crippen LogP) is 5.38. The number of rotatable bonds is 14. The van der Waals surface area contributed by atoms with Crippen LogP contribution in [0.2, 0.25) is 0 Å².